The molecule has 0 aliphatic rings. The Labute approximate surface area is 86.3 Å². The Morgan fingerprint density at radius 3 is 3.00 bits per heavy atom. The maximum Gasteiger partial charge on any atom is 0.340 e. The van der Waals surface area contributed by atoms with Crippen molar-refractivity contribution >= 4 is 11.5 Å². The van der Waals surface area contributed by atoms with E-state index < -0.39 is 5.97 Å². The van der Waals surface area contributed by atoms with Crippen LogP contribution in [-0.2, 0) is 4.74 Å². The second-order valence-corrected chi connectivity index (χ2v) is 3.01. The number of methoxy groups -OCH3 is 1. The molecule has 0 atom stereocenters. The van der Waals surface area contributed by atoms with Gasteiger partial charge in [0.15, 0.2) is 0 Å². The highest BCUT2D eigenvalue weighted by atomic mass is 16.5. The van der Waals surface area contributed by atoms with Crippen LogP contribution in [-0.4, -0.2) is 17.5 Å². The number of hydrogen-bond donors (Lipinski definition) is 0. The van der Waals surface area contributed by atoms with Gasteiger partial charge in [-0.05, 0) is 12.1 Å². The normalized spacial score (nSPS) is 9.87. The van der Waals surface area contributed by atoms with Crippen LogP contribution in [0.5, 0.6) is 0 Å². The van der Waals surface area contributed by atoms with E-state index in [1.165, 1.54) is 7.11 Å². The Kier molecular flexibility index (Phi) is 2.14. The Hall–Kier alpha value is -2.28. The molecule has 0 radical (unpaired) electrons. The van der Waals surface area contributed by atoms with Gasteiger partial charge < -0.3 is 9.14 Å². The maximum atomic E-state index is 11.4. The van der Waals surface area contributed by atoms with Gasteiger partial charge >= 0.3 is 5.97 Å². The van der Waals surface area contributed by atoms with Crippen molar-refractivity contribution in [2.75, 3.05) is 7.11 Å². The van der Waals surface area contributed by atoms with Crippen LogP contribution in [0.25, 0.3) is 5.52 Å². The summed E-state index contributed by atoms with van der Waals surface area (Å²) in [4.78, 5) is 11.4. The summed E-state index contributed by atoms with van der Waals surface area (Å²) < 4.78 is 6.33. The standard InChI is InChI=1S/C11H8N2O2/c1-15-11(14)9-7-13-5-3-2-4-10(13)8(9)6-12/h2-5,7H,1H3. The molecule has 0 aliphatic carbocycles. The predicted octanol–water partition coefficient (Wildman–Crippen LogP) is 1.60. The van der Waals surface area contributed by atoms with Gasteiger partial charge in [0.05, 0.1) is 23.8 Å². The highest BCUT2D eigenvalue weighted by Crippen LogP contribution is 2.18. The Morgan fingerprint density at radius 1 is 1.53 bits per heavy atom. The summed E-state index contributed by atoms with van der Waals surface area (Å²) in [5, 5.41) is 8.98. The summed E-state index contributed by atoms with van der Waals surface area (Å²) >= 11 is 0. The molecular formula is C11H8N2O2. The van der Waals surface area contributed by atoms with Crippen LogP contribution in [0.15, 0.2) is 30.6 Å². The topological polar surface area (TPSA) is 54.5 Å². The van der Waals surface area contributed by atoms with Crippen molar-refractivity contribution in [3.05, 3.63) is 41.7 Å². The summed E-state index contributed by atoms with van der Waals surface area (Å²) in [5.74, 6) is -0.491. The number of carbonyl (C=O) groups is 1. The molecule has 2 aromatic rings. The number of nitrogens with zero attached hydrogens (tertiary/aromatic N) is 2. The number of fused-ring (bicyclic) bond motifs is 1. The van der Waals surface area contributed by atoms with Crippen molar-refractivity contribution in [1.82, 2.24) is 4.40 Å². The summed E-state index contributed by atoms with van der Waals surface area (Å²) in [6.07, 6.45) is 3.38. The van der Waals surface area contributed by atoms with Crippen LogP contribution in [0.2, 0.25) is 0 Å². The minimum Gasteiger partial charge on any atom is -0.465 e. The van der Waals surface area contributed by atoms with Crippen molar-refractivity contribution in [2.45, 2.75) is 0 Å². The lowest BCUT2D eigenvalue weighted by atomic mass is 10.2. The summed E-state index contributed by atoms with van der Waals surface area (Å²) in [5.41, 5.74) is 1.36. The van der Waals surface area contributed by atoms with Crippen molar-refractivity contribution in [3.63, 3.8) is 0 Å². The molecule has 15 heavy (non-hydrogen) atoms. The lowest BCUT2D eigenvalue weighted by molar-refractivity contribution is 0.0600. The molecule has 2 heterocycles. The van der Waals surface area contributed by atoms with Crippen LogP contribution < -0.4 is 0 Å². The minimum atomic E-state index is -0.491. The van der Waals surface area contributed by atoms with E-state index in [0.29, 0.717) is 16.6 Å². The van der Waals surface area contributed by atoms with Gasteiger partial charge in [-0.3, -0.25) is 0 Å². The highest BCUT2D eigenvalue weighted by Gasteiger charge is 2.16. The third-order valence-corrected chi connectivity index (χ3v) is 2.20. The van der Waals surface area contributed by atoms with Crippen molar-refractivity contribution < 1.29 is 9.53 Å². The van der Waals surface area contributed by atoms with Crippen molar-refractivity contribution in [3.8, 4) is 6.07 Å². The third kappa shape index (κ3) is 1.34. The zero-order valence-electron chi connectivity index (χ0n) is 8.10. The van der Waals surface area contributed by atoms with Crippen LogP contribution in [0.3, 0.4) is 0 Å². The molecule has 0 unspecified atom stereocenters. The zero-order valence-corrected chi connectivity index (χ0v) is 8.10. The van der Waals surface area contributed by atoms with Crippen LogP contribution in [0.4, 0.5) is 0 Å². The first kappa shape index (κ1) is 9.28. The van der Waals surface area contributed by atoms with E-state index in [1.807, 2.05) is 18.2 Å². The molecule has 0 fully saturated rings. The van der Waals surface area contributed by atoms with E-state index >= 15 is 0 Å². The molecule has 0 saturated heterocycles. The van der Waals surface area contributed by atoms with Gasteiger partial charge in [-0.2, -0.15) is 5.26 Å². The van der Waals surface area contributed by atoms with Gasteiger partial charge in [-0.25, -0.2) is 4.79 Å². The molecule has 0 N–H and O–H groups in total. The number of carbonyl (C=O) groups excluding carboxylic acids is 1. The number of esters is 1. The highest BCUT2D eigenvalue weighted by molar-refractivity contribution is 5.95. The molecule has 0 aromatic carbocycles. The van der Waals surface area contributed by atoms with Crippen molar-refractivity contribution in [2.24, 2.45) is 0 Å². The van der Waals surface area contributed by atoms with Crippen LogP contribution in [0, 0.1) is 11.3 Å². The van der Waals surface area contributed by atoms with Gasteiger partial charge in [0, 0.05) is 12.4 Å². The molecule has 74 valence electrons. The quantitative estimate of drug-likeness (QED) is 0.657. The number of hydrogen-bond acceptors (Lipinski definition) is 3. The average Bonchev–Trinajstić information content (AvgIpc) is 2.66. The van der Waals surface area contributed by atoms with E-state index in [0.717, 1.165) is 0 Å². The fourth-order valence-electron chi connectivity index (χ4n) is 1.50. The molecule has 0 amide bonds. The van der Waals surface area contributed by atoms with E-state index in [2.05, 4.69) is 4.74 Å². The molecule has 0 saturated carbocycles. The second-order valence-electron chi connectivity index (χ2n) is 3.01. The maximum absolute atomic E-state index is 11.4. The molecule has 0 bridgehead atoms. The van der Waals surface area contributed by atoms with Gasteiger partial charge in [-0.1, -0.05) is 6.07 Å². The lowest BCUT2D eigenvalue weighted by Crippen LogP contribution is -2.01. The largest absolute Gasteiger partial charge is 0.465 e. The zero-order chi connectivity index (χ0) is 10.8. The van der Waals surface area contributed by atoms with Gasteiger partial charge in [-0.15, -0.1) is 0 Å². The third-order valence-electron chi connectivity index (χ3n) is 2.20. The van der Waals surface area contributed by atoms with E-state index in [4.69, 9.17) is 5.26 Å². The van der Waals surface area contributed by atoms with Gasteiger partial charge in [0.2, 0.25) is 0 Å². The number of rotatable bonds is 1. The first-order chi connectivity index (χ1) is 7.27. The Bertz CT molecular complexity index is 563. The van der Waals surface area contributed by atoms with E-state index in [-0.39, 0.29) is 0 Å². The SMILES string of the molecule is COC(=O)c1cn2ccccc2c1C#N. The first-order valence-electron chi connectivity index (χ1n) is 4.36. The van der Waals surface area contributed by atoms with E-state index in [1.54, 1.807) is 22.9 Å². The van der Waals surface area contributed by atoms with Crippen LogP contribution >= 0.6 is 0 Å². The number of aromatic nitrogens is 1. The fraction of sp³-hybridized carbons (Fsp3) is 0.0909. The van der Waals surface area contributed by atoms with Gasteiger partial charge in [0.25, 0.3) is 0 Å². The second kappa shape index (κ2) is 3.46. The summed E-state index contributed by atoms with van der Waals surface area (Å²) in [6.45, 7) is 0. The average molecular weight is 200 g/mol. The van der Waals surface area contributed by atoms with Crippen LogP contribution in [0.1, 0.15) is 15.9 Å². The molecule has 0 spiro atoms. The molecule has 4 heteroatoms. The number of nitriles is 1. The minimum absolute atomic E-state index is 0.297. The number of pyridine rings is 1. The molecule has 2 rings (SSSR count). The Balaban J connectivity index is 2.76. The summed E-state index contributed by atoms with van der Waals surface area (Å²) in [6, 6.07) is 7.44. The monoisotopic (exact) mass is 200 g/mol. The molecule has 4 nitrogen and oxygen atoms in total. The molecular weight excluding hydrogens is 192 g/mol. The fourth-order valence-corrected chi connectivity index (χ4v) is 1.50. The number of ether oxygens (including phenoxy) is 1. The molecule has 0 aliphatic heterocycles. The van der Waals surface area contributed by atoms with Crippen molar-refractivity contribution in [1.29, 1.82) is 5.26 Å². The van der Waals surface area contributed by atoms with Gasteiger partial charge in [0.1, 0.15) is 6.07 Å². The lowest BCUT2D eigenvalue weighted by Gasteiger charge is -1.93. The molecule has 2 aromatic heterocycles. The Morgan fingerprint density at radius 2 is 2.33 bits per heavy atom. The summed E-state index contributed by atoms with van der Waals surface area (Å²) in [7, 11) is 1.30. The first-order valence-corrected chi connectivity index (χ1v) is 4.36. The predicted molar refractivity (Wildman–Crippen MR) is 53.5 cm³/mol. The smallest absolute Gasteiger partial charge is 0.340 e. The van der Waals surface area contributed by atoms with E-state index in [9.17, 15) is 4.79 Å².